The van der Waals surface area contributed by atoms with Crippen LogP contribution in [0.25, 0.3) is 0 Å². The van der Waals surface area contributed by atoms with Crippen LogP contribution >= 0.6 is 12.4 Å². The largest absolute Gasteiger partial charge is 0.494 e. The van der Waals surface area contributed by atoms with Gasteiger partial charge in [0.1, 0.15) is 5.75 Å². The van der Waals surface area contributed by atoms with Crippen LogP contribution in [0.2, 0.25) is 0 Å². The lowest BCUT2D eigenvalue weighted by Gasteiger charge is -2.36. The number of piperidine rings is 1. The van der Waals surface area contributed by atoms with Crippen molar-refractivity contribution in [3.8, 4) is 5.75 Å². The number of benzene rings is 1. The molecule has 0 spiro atoms. The summed E-state index contributed by atoms with van der Waals surface area (Å²) in [6.07, 6.45) is 4.73. The van der Waals surface area contributed by atoms with Gasteiger partial charge in [-0.2, -0.15) is 0 Å². The Kier molecular flexibility index (Phi) is 8.38. The first kappa shape index (κ1) is 20.3. The highest BCUT2D eigenvalue weighted by Crippen LogP contribution is 2.34. The number of halogens is 1. The van der Waals surface area contributed by atoms with Gasteiger partial charge in [0.2, 0.25) is 0 Å². The lowest BCUT2D eigenvalue weighted by atomic mass is 9.80. The summed E-state index contributed by atoms with van der Waals surface area (Å²) in [4.78, 5) is 2.49. The van der Waals surface area contributed by atoms with Crippen LogP contribution in [0, 0.1) is 5.92 Å². The van der Waals surface area contributed by atoms with E-state index >= 15 is 0 Å². The number of aliphatic hydroxyl groups is 1. The molecule has 1 saturated heterocycles. The molecule has 0 amide bonds. The van der Waals surface area contributed by atoms with E-state index in [1.54, 1.807) is 0 Å². The Morgan fingerprint density at radius 2 is 1.74 bits per heavy atom. The molecule has 1 aromatic carbocycles. The molecule has 1 aliphatic rings. The van der Waals surface area contributed by atoms with E-state index in [1.165, 1.54) is 32.4 Å². The Labute approximate surface area is 147 Å². The van der Waals surface area contributed by atoms with Crippen molar-refractivity contribution in [3.63, 3.8) is 0 Å². The van der Waals surface area contributed by atoms with Crippen LogP contribution in [0.15, 0.2) is 24.3 Å². The van der Waals surface area contributed by atoms with Gasteiger partial charge in [0.15, 0.2) is 0 Å². The van der Waals surface area contributed by atoms with E-state index in [1.807, 2.05) is 31.2 Å². The predicted octanol–water partition coefficient (Wildman–Crippen LogP) is 4.23. The van der Waals surface area contributed by atoms with Crippen LogP contribution in [-0.2, 0) is 5.60 Å². The smallest absolute Gasteiger partial charge is 0.119 e. The van der Waals surface area contributed by atoms with Crippen molar-refractivity contribution in [2.75, 3.05) is 26.2 Å². The monoisotopic (exact) mass is 341 g/mol. The molecule has 132 valence electrons. The lowest BCUT2D eigenvalue weighted by Crippen LogP contribution is -2.39. The highest BCUT2D eigenvalue weighted by molar-refractivity contribution is 5.85. The first-order chi connectivity index (χ1) is 10.6. The van der Waals surface area contributed by atoms with Crippen LogP contribution in [-0.4, -0.2) is 36.2 Å². The van der Waals surface area contributed by atoms with Gasteiger partial charge in [-0.25, -0.2) is 0 Å². The summed E-state index contributed by atoms with van der Waals surface area (Å²) in [5.74, 6) is 1.06. The van der Waals surface area contributed by atoms with E-state index in [4.69, 9.17) is 4.74 Å². The molecule has 1 aliphatic heterocycles. The first-order valence-corrected chi connectivity index (χ1v) is 8.74. The fourth-order valence-corrected chi connectivity index (χ4v) is 3.28. The summed E-state index contributed by atoms with van der Waals surface area (Å²) in [5.41, 5.74) is 0.241. The molecule has 0 bridgehead atoms. The van der Waals surface area contributed by atoms with Crippen LogP contribution in [0.5, 0.6) is 5.75 Å². The molecule has 1 aromatic rings. The number of ether oxygens (including phenoxy) is 1. The Morgan fingerprint density at radius 1 is 1.13 bits per heavy atom. The van der Waals surface area contributed by atoms with E-state index in [0.717, 1.165) is 24.3 Å². The van der Waals surface area contributed by atoms with Crippen molar-refractivity contribution < 1.29 is 9.84 Å². The molecule has 23 heavy (non-hydrogen) atoms. The van der Waals surface area contributed by atoms with E-state index < -0.39 is 5.60 Å². The van der Waals surface area contributed by atoms with Gasteiger partial charge in [0, 0.05) is 6.54 Å². The number of nitrogens with zero attached hydrogens (tertiary/aromatic N) is 1. The second-order valence-corrected chi connectivity index (χ2v) is 6.69. The van der Waals surface area contributed by atoms with Gasteiger partial charge in [0.25, 0.3) is 0 Å². The number of hydrogen-bond acceptors (Lipinski definition) is 3. The van der Waals surface area contributed by atoms with Crippen LogP contribution in [0.1, 0.15) is 52.0 Å². The number of hydrogen-bond donors (Lipinski definition) is 1. The maximum absolute atomic E-state index is 11.2. The molecule has 0 aromatic heterocycles. The van der Waals surface area contributed by atoms with Gasteiger partial charge in [-0.1, -0.05) is 32.4 Å². The van der Waals surface area contributed by atoms with Gasteiger partial charge in [-0.3, -0.25) is 0 Å². The van der Waals surface area contributed by atoms with Crippen molar-refractivity contribution in [1.82, 2.24) is 4.90 Å². The molecule has 0 aliphatic carbocycles. The summed E-state index contributed by atoms with van der Waals surface area (Å²) in [6.45, 7) is 10.2. The quantitative estimate of drug-likeness (QED) is 0.805. The lowest BCUT2D eigenvalue weighted by molar-refractivity contribution is -0.0271. The molecule has 1 unspecified atom stereocenters. The third kappa shape index (κ3) is 5.37. The zero-order valence-corrected chi connectivity index (χ0v) is 15.6. The standard InChI is InChI=1S/C19H31NO2.ClH/c1-4-22-18-10-8-17(9-11-18)19(21,16(2)3)12-15-20-13-6-5-7-14-20;/h8-11,16,21H,4-7,12-15H2,1-3H3;1H. The molecular formula is C19H32ClNO2. The Morgan fingerprint density at radius 3 is 2.26 bits per heavy atom. The highest BCUT2D eigenvalue weighted by Gasteiger charge is 2.33. The van der Waals surface area contributed by atoms with Gasteiger partial charge in [0.05, 0.1) is 12.2 Å². The van der Waals surface area contributed by atoms with E-state index in [-0.39, 0.29) is 18.3 Å². The minimum atomic E-state index is -0.762. The summed E-state index contributed by atoms with van der Waals surface area (Å²) < 4.78 is 5.50. The van der Waals surface area contributed by atoms with Crippen molar-refractivity contribution in [2.24, 2.45) is 5.92 Å². The summed E-state index contributed by atoms with van der Waals surface area (Å²) in [7, 11) is 0. The fraction of sp³-hybridized carbons (Fsp3) is 0.684. The molecule has 1 heterocycles. The summed E-state index contributed by atoms with van der Waals surface area (Å²) >= 11 is 0. The van der Waals surface area contributed by atoms with E-state index in [0.29, 0.717) is 6.61 Å². The molecule has 3 nitrogen and oxygen atoms in total. The average Bonchev–Trinajstić information content (AvgIpc) is 2.54. The predicted molar refractivity (Wildman–Crippen MR) is 98.5 cm³/mol. The second-order valence-electron chi connectivity index (χ2n) is 6.69. The van der Waals surface area contributed by atoms with E-state index in [2.05, 4.69) is 18.7 Å². The zero-order valence-electron chi connectivity index (χ0n) is 14.8. The maximum Gasteiger partial charge on any atom is 0.119 e. The van der Waals surface area contributed by atoms with Crippen LogP contribution < -0.4 is 4.74 Å². The molecule has 2 rings (SSSR count). The molecule has 0 radical (unpaired) electrons. The normalized spacial score (nSPS) is 18.3. The molecule has 1 atom stereocenters. The van der Waals surface area contributed by atoms with Crippen LogP contribution in [0.3, 0.4) is 0 Å². The van der Waals surface area contributed by atoms with Crippen LogP contribution in [0.4, 0.5) is 0 Å². The highest BCUT2D eigenvalue weighted by atomic mass is 35.5. The molecule has 4 heteroatoms. The summed E-state index contributed by atoms with van der Waals surface area (Å²) in [5, 5.41) is 11.2. The fourth-order valence-electron chi connectivity index (χ4n) is 3.28. The molecule has 1 N–H and O–H groups in total. The van der Waals surface area contributed by atoms with Crippen molar-refractivity contribution in [3.05, 3.63) is 29.8 Å². The van der Waals surface area contributed by atoms with Gasteiger partial charge < -0.3 is 14.7 Å². The minimum Gasteiger partial charge on any atom is -0.494 e. The number of likely N-dealkylation sites (tertiary alicyclic amines) is 1. The SMILES string of the molecule is CCOc1ccc(C(O)(CCN2CCCCC2)C(C)C)cc1.Cl. The Balaban J connectivity index is 0.00000264. The molecule has 1 fully saturated rings. The third-order valence-electron chi connectivity index (χ3n) is 4.88. The average molecular weight is 342 g/mol. The van der Waals surface area contributed by atoms with Crippen molar-refractivity contribution in [2.45, 2.75) is 52.1 Å². The minimum absolute atomic E-state index is 0. The van der Waals surface area contributed by atoms with Gasteiger partial charge >= 0.3 is 0 Å². The molecular weight excluding hydrogens is 310 g/mol. The van der Waals surface area contributed by atoms with Crippen molar-refractivity contribution in [1.29, 1.82) is 0 Å². The topological polar surface area (TPSA) is 32.7 Å². The second kappa shape index (κ2) is 9.51. The van der Waals surface area contributed by atoms with Gasteiger partial charge in [-0.05, 0) is 62.9 Å². The zero-order chi connectivity index (χ0) is 16.0. The maximum atomic E-state index is 11.2. The molecule has 0 saturated carbocycles. The van der Waals surface area contributed by atoms with E-state index in [9.17, 15) is 5.11 Å². The third-order valence-corrected chi connectivity index (χ3v) is 4.88. The first-order valence-electron chi connectivity index (χ1n) is 8.74. The number of rotatable bonds is 7. The van der Waals surface area contributed by atoms with Crippen molar-refractivity contribution >= 4 is 12.4 Å². The van der Waals surface area contributed by atoms with Gasteiger partial charge in [-0.15, -0.1) is 12.4 Å². The summed E-state index contributed by atoms with van der Waals surface area (Å²) in [6, 6.07) is 7.96. The Bertz CT molecular complexity index is 443. The Hall–Kier alpha value is -0.770.